The number of nitrogens with one attached hydrogen (secondary N) is 1. The Kier molecular flexibility index (Phi) is 4.90. The third-order valence-electron chi connectivity index (χ3n) is 5.04. The number of phenols is 1. The number of barbiturate groups is 1. The van der Waals surface area contributed by atoms with Crippen LogP contribution < -0.4 is 10.2 Å². The molecule has 0 spiro atoms. The van der Waals surface area contributed by atoms with Gasteiger partial charge in [-0.3, -0.25) is 14.9 Å². The van der Waals surface area contributed by atoms with E-state index in [9.17, 15) is 23.9 Å². The first-order valence-corrected chi connectivity index (χ1v) is 9.41. The van der Waals surface area contributed by atoms with Gasteiger partial charge in [0.1, 0.15) is 17.1 Å². The Hall–Kier alpha value is -4.20. The zero-order chi connectivity index (χ0) is 22.3. The number of nitrogens with zero attached hydrogens (tertiary/aromatic N) is 2. The maximum absolute atomic E-state index is 13.2. The minimum Gasteiger partial charge on any atom is -0.508 e. The summed E-state index contributed by atoms with van der Waals surface area (Å²) in [5.74, 6) is -2.02. The normalized spacial score (nSPS) is 15.5. The van der Waals surface area contributed by atoms with Gasteiger partial charge in [-0.1, -0.05) is 6.07 Å². The van der Waals surface area contributed by atoms with E-state index < -0.39 is 23.7 Å². The number of hydrogen-bond donors (Lipinski definition) is 2. The lowest BCUT2D eigenvalue weighted by molar-refractivity contribution is -0.122. The zero-order valence-corrected chi connectivity index (χ0v) is 16.7. The van der Waals surface area contributed by atoms with E-state index in [1.165, 1.54) is 18.2 Å². The number of imide groups is 2. The Bertz CT molecular complexity index is 1260. The largest absolute Gasteiger partial charge is 0.508 e. The molecule has 8 heteroatoms. The predicted molar refractivity (Wildman–Crippen MR) is 112 cm³/mol. The molecule has 1 aliphatic rings. The molecule has 0 saturated carbocycles. The summed E-state index contributed by atoms with van der Waals surface area (Å²) in [6, 6.07) is 12.4. The van der Waals surface area contributed by atoms with Crippen molar-refractivity contribution in [1.29, 1.82) is 0 Å². The minimum atomic E-state index is -0.899. The maximum atomic E-state index is 13.2. The lowest BCUT2D eigenvalue weighted by Gasteiger charge is -2.26. The van der Waals surface area contributed by atoms with Crippen LogP contribution in [0, 0.1) is 19.7 Å². The van der Waals surface area contributed by atoms with Crippen LogP contribution in [-0.4, -0.2) is 27.5 Å². The molecule has 0 unspecified atom stereocenters. The van der Waals surface area contributed by atoms with E-state index in [0.29, 0.717) is 5.56 Å². The Morgan fingerprint density at radius 1 is 0.968 bits per heavy atom. The number of carbonyl (C=O) groups excluding carboxylic acids is 3. The molecule has 31 heavy (non-hydrogen) atoms. The number of urea groups is 1. The summed E-state index contributed by atoms with van der Waals surface area (Å²) in [5, 5.41) is 11.9. The van der Waals surface area contributed by atoms with E-state index in [1.807, 2.05) is 24.5 Å². The Balaban J connectivity index is 1.76. The van der Waals surface area contributed by atoms with Crippen molar-refractivity contribution in [3.8, 4) is 11.4 Å². The van der Waals surface area contributed by atoms with Gasteiger partial charge in [0.2, 0.25) is 0 Å². The molecule has 2 heterocycles. The Labute approximate surface area is 177 Å². The van der Waals surface area contributed by atoms with Gasteiger partial charge in [-0.25, -0.2) is 14.1 Å². The van der Waals surface area contributed by atoms with Crippen LogP contribution in [0.3, 0.4) is 0 Å². The van der Waals surface area contributed by atoms with Crippen LogP contribution in [0.2, 0.25) is 0 Å². The first-order chi connectivity index (χ1) is 14.8. The van der Waals surface area contributed by atoms with Gasteiger partial charge in [0.25, 0.3) is 11.8 Å². The molecule has 2 aromatic carbocycles. The minimum absolute atomic E-state index is 0.111. The fraction of sp³-hybridized carbons (Fsp3) is 0.0870. The van der Waals surface area contributed by atoms with E-state index in [0.717, 1.165) is 34.1 Å². The number of rotatable bonds is 3. The number of aromatic nitrogens is 1. The van der Waals surface area contributed by atoms with Crippen LogP contribution in [0.5, 0.6) is 5.75 Å². The van der Waals surface area contributed by atoms with Gasteiger partial charge in [-0.15, -0.1) is 0 Å². The first kappa shape index (κ1) is 20.1. The standard InChI is InChI=1S/C23H18FN3O4/c1-13-10-15(14(2)26(13)18-4-3-5-19(28)12-18)11-20-21(29)25-23(31)27(22(20)30)17-8-6-16(24)7-9-17/h3-12,28H,1-2H3,(H,25,29,31)/b20-11-. The fourth-order valence-electron chi connectivity index (χ4n) is 3.60. The number of phenolic OH excluding ortho intramolecular Hbond substituents is 1. The van der Waals surface area contributed by atoms with Gasteiger partial charge in [0, 0.05) is 23.1 Å². The number of carbonyl (C=O) groups is 3. The molecule has 3 aromatic rings. The van der Waals surface area contributed by atoms with Crippen LogP contribution in [-0.2, 0) is 9.59 Å². The molecule has 0 aliphatic carbocycles. The van der Waals surface area contributed by atoms with E-state index in [-0.39, 0.29) is 17.0 Å². The molecule has 156 valence electrons. The van der Waals surface area contributed by atoms with Crippen molar-refractivity contribution in [3.63, 3.8) is 0 Å². The quantitative estimate of drug-likeness (QED) is 0.501. The van der Waals surface area contributed by atoms with Gasteiger partial charge in [0.15, 0.2) is 0 Å². The van der Waals surface area contributed by atoms with Crippen LogP contribution in [0.25, 0.3) is 11.8 Å². The van der Waals surface area contributed by atoms with Gasteiger partial charge in [0.05, 0.1) is 5.69 Å². The molecule has 2 N–H and O–H groups in total. The highest BCUT2D eigenvalue weighted by molar-refractivity contribution is 6.39. The molecule has 0 atom stereocenters. The maximum Gasteiger partial charge on any atom is 0.335 e. The molecular formula is C23H18FN3O4. The molecule has 1 aliphatic heterocycles. The smallest absolute Gasteiger partial charge is 0.335 e. The highest BCUT2D eigenvalue weighted by atomic mass is 19.1. The molecule has 1 saturated heterocycles. The molecule has 0 bridgehead atoms. The van der Waals surface area contributed by atoms with E-state index in [4.69, 9.17) is 0 Å². The Morgan fingerprint density at radius 2 is 1.68 bits per heavy atom. The van der Waals surface area contributed by atoms with Crippen molar-refractivity contribution in [2.45, 2.75) is 13.8 Å². The summed E-state index contributed by atoms with van der Waals surface area (Å²) in [4.78, 5) is 38.5. The van der Waals surface area contributed by atoms with Crippen molar-refractivity contribution in [3.05, 3.63) is 82.9 Å². The number of benzene rings is 2. The average molecular weight is 419 g/mol. The third-order valence-corrected chi connectivity index (χ3v) is 5.04. The zero-order valence-electron chi connectivity index (χ0n) is 16.7. The van der Waals surface area contributed by atoms with E-state index in [1.54, 1.807) is 24.3 Å². The van der Waals surface area contributed by atoms with Crippen molar-refractivity contribution in [2.24, 2.45) is 0 Å². The van der Waals surface area contributed by atoms with Crippen LogP contribution in [0.4, 0.5) is 14.9 Å². The lowest BCUT2D eigenvalue weighted by Crippen LogP contribution is -2.54. The summed E-state index contributed by atoms with van der Waals surface area (Å²) in [7, 11) is 0. The van der Waals surface area contributed by atoms with Crippen LogP contribution in [0.15, 0.2) is 60.2 Å². The molecule has 4 amide bonds. The molecule has 4 rings (SSSR count). The predicted octanol–water partition coefficient (Wildman–Crippen LogP) is 3.61. The van der Waals surface area contributed by atoms with Crippen molar-refractivity contribution < 1.29 is 23.9 Å². The highest BCUT2D eigenvalue weighted by Gasteiger charge is 2.37. The van der Waals surface area contributed by atoms with Crippen molar-refractivity contribution >= 4 is 29.6 Å². The molecule has 1 fully saturated rings. The lowest BCUT2D eigenvalue weighted by atomic mass is 10.1. The van der Waals surface area contributed by atoms with E-state index >= 15 is 0 Å². The average Bonchev–Trinajstić information content (AvgIpc) is 2.99. The summed E-state index contributed by atoms with van der Waals surface area (Å²) in [6.45, 7) is 3.67. The van der Waals surface area contributed by atoms with Crippen molar-refractivity contribution in [1.82, 2.24) is 9.88 Å². The van der Waals surface area contributed by atoms with Gasteiger partial charge in [-0.2, -0.15) is 0 Å². The Morgan fingerprint density at radius 3 is 2.35 bits per heavy atom. The third kappa shape index (κ3) is 3.59. The molecule has 1 aromatic heterocycles. The second-order valence-electron chi connectivity index (χ2n) is 7.12. The molecule has 0 radical (unpaired) electrons. The van der Waals surface area contributed by atoms with Gasteiger partial charge < -0.3 is 9.67 Å². The second-order valence-corrected chi connectivity index (χ2v) is 7.12. The second kappa shape index (κ2) is 7.56. The first-order valence-electron chi connectivity index (χ1n) is 9.41. The van der Waals surface area contributed by atoms with Gasteiger partial charge in [-0.05, 0) is 68.0 Å². The monoisotopic (exact) mass is 419 g/mol. The van der Waals surface area contributed by atoms with Crippen LogP contribution in [0.1, 0.15) is 17.0 Å². The fourth-order valence-corrected chi connectivity index (χ4v) is 3.60. The van der Waals surface area contributed by atoms with Crippen LogP contribution >= 0.6 is 0 Å². The van der Waals surface area contributed by atoms with Gasteiger partial charge >= 0.3 is 6.03 Å². The molecule has 7 nitrogen and oxygen atoms in total. The number of halogens is 1. The van der Waals surface area contributed by atoms with Crippen molar-refractivity contribution in [2.75, 3.05) is 4.90 Å². The summed E-state index contributed by atoms with van der Waals surface area (Å²) in [5.41, 5.74) is 2.81. The number of hydrogen-bond acceptors (Lipinski definition) is 4. The van der Waals surface area contributed by atoms with E-state index in [2.05, 4.69) is 5.32 Å². The number of amides is 4. The SMILES string of the molecule is Cc1cc(/C=C2/C(=O)NC(=O)N(c3ccc(F)cc3)C2=O)c(C)n1-c1cccc(O)c1. The summed E-state index contributed by atoms with van der Waals surface area (Å²) >= 11 is 0. The topological polar surface area (TPSA) is 91.6 Å². The summed E-state index contributed by atoms with van der Waals surface area (Å²) < 4.78 is 15.1. The number of aromatic hydroxyl groups is 1. The highest BCUT2D eigenvalue weighted by Crippen LogP contribution is 2.27. The summed E-state index contributed by atoms with van der Waals surface area (Å²) in [6.07, 6.45) is 1.42. The number of aryl methyl sites for hydroxylation is 1. The molecular weight excluding hydrogens is 401 g/mol. The number of anilines is 1.